The number of amides is 1. The van der Waals surface area contributed by atoms with Crippen molar-refractivity contribution in [2.75, 3.05) is 62.7 Å². The molecule has 2 aromatic heterocycles. The molecule has 1 saturated heterocycles. The number of hydrogen-bond acceptors (Lipinski definition) is 9. The molecule has 0 radical (unpaired) electrons. The van der Waals surface area contributed by atoms with E-state index < -0.39 is 0 Å². The van der Waals surface area contributed by atoms with E-state index in [2.05, 4.69) is 39.3 Å². The zero-order chi connectivity index (χ0) is 23.9. The van der Waals surface area contributed by atoms with Crippen LogP contribution in [0, 0.1) is 5.92 Å². The predicted molar refractivity (Wildman–Crippen MR) is 142 cm³/mol. The molecule has 1 aromatic carbocycles. The smallest absolute Gasteiger partial charge is 0.253 e. The van der Waals surface area contributed by atoms with Crippen LogP contribution in [-0.4, -0.2) is 82.7 Å². The predicted octanol–water partition coefficient (Wildman–Crippen LogP) is 4.14. The first kappa shape index (κ1) is 24.7. The number of rotatable bonds is 10. The van der Waals surface area contributed by atoms with E-state index >= 15 is 0 Å². The molecule has 1 aliphatic rings. The molecule has 182 valence electrons. The third-order valence-electron chi connectivity index (χ3n) is 5.91. The van der Waals surface area contributed by atoms with Gasteiger partial charge in [0, 0.05) is 62.1 Å². The van der Waals surface area contributed by atoms with E-state index in [1.165, 1.54) is 0 Å². The van der Waals surface area contributed by atoms with E-state index in [0.29, 0.717) is 11.9 Å². The highest BCUT2D eigenvalue weighted by Crippen LogP contribution is 2.27. The van der Waals surface area contributed by atoms with Crippen LogP contribution in [0.3, 0.4) is 0 Å². The van der Waals surface area contributed by atoms with Crippen LogP contribution in [0.15, 0.2) is 35.5 Å². The summed E-state index contributed by atoms with van der Waals surface area (Å²) in [6.45, 7) is 10.5. The van der Waals surface area contributed by atoms with Crippen molar-refractivity contribution < 1.29 is 4.79 Å². The Balaban J connectivity index is 1.29. The first-order valence-electron chi connectivity index (χ1n) is 11.8. The minimum Gasteiger partial charge on any atom is -0.361 e. The summed E-state index contributed by atoms with van der Waals surface area (Å²) in [6.07, 6.45) is 6.82. The van der Waals surface area contributed by atoms with Crippen LogP contribution in [-0.2, 0) is 0 Å². The quantitative estimate of drug-likeness (QED) is 0.403. The first-order valence-corrected chi connectivity index (χ1v) is 13.9. The van der Waals surface area contributed by atoms with Gasteiger partial charge in [-0.05, 0) is 43.3 Å². The number of nitrogens with one attached hydrogen (secondary N) is 2. The summed E-state index contributed by atoms with van der Waals surface area (Å²) in [6, 6.07) is 5.85. The second kappa shape index (κ2) is 11.8. The van der Waals surface area contributed by atoms with Crippen molar-refractivity contribution >= 4 is 50.3 Å². The maximum absolute atomic E-state index is 13.0. The highest BCUT2D eigenvalue weighted by atomic mass is 32.2. The lowest BCUT2D eigenvalue weighted by atomic mass is 10.1. The van der Waals surface area contributed by atoms with E-state index in [9.17, 15) is 4.79 Å². The summed E-state index contributed by atoms with van der Waals surface area (Å²) in [5.74, 6) is 1.13. The molecule has 0 unspecified atom stereocenters. The molecular formula is C24H33N7OS2. The molecule has 1 aliphatic heterocycles. The Hall–Kier alpha value is -2.43. The number of benzene rings is 1. The fraction of sp³-hybridized carbons (Fsp3) is 0.500. The van der Waals surface area contributed by atoms with Crippen LogP contribution in [0.1, 0.15) is 30.6 Å². The van der Waals surface area contributed by atoms with E-state index in [1.807, 2.05) is 41.7 Å². The number of piperazine rings is 1. The zero-order valence-electron chi connectivity index (χ0n) is 20.1. The number of fused-ring (bicyclic) bond motifs is 1. The van der Waals surface area contributed by atoms with Crippen LogP contribution >= 0.6 is 23.1 Å². The van der Waals surface area contributed by atoms with Crippen molar-refractivity contribution in [2.24, 2.45) is 5.92 Å². The normalized spacial score (nSPS) is 15.4. The zero-order valence-corrected chi connectivity index (χ0v) is 21.7. The molecular weight excluding hydrogens is 466 g/mol. The Morgan fingerprint density at radius 1 is 1.15 bits per heavy atom. The second-order valence-electron chi connectivity index (χ2n) is 8.65. The number of thiazole rings is 1. The van der Waals surface area contributed by atoms with Crippen LogP contribution < -0.4 is 10.6 Å². The van der Waals surface area contributed by atoms with Gasteiger partial charge >= 0.3 is 0 Å². The summed E-state index contributed by atoms with van der Waals surface area (Å²) in [5, 5.41) is 7.60. The molecule has 10 heteroatoms. The first-order chi connectivity index (χ1) is 16.6. The average molecular weight is 500 g/mol. The molecule has 0 aliphatic carbocycles. The topological polar surface area (TPSA) is 86.3 Å². The molecule has 2 N–H and O–H groups in total. The average Bonchev–Trinajstić information content (AvgIpc) is 3.29. The minimum absolute atomic E-state index is 0.119. The summed E-state index contributed by atoms with van der Waals surface area (Å²) < 4.78 is 1.03. The highest BCUT2D eigenvalue weighted by Gasteiger charge is 2.22. The van der Waals surface area contributed by atoms with Gasteiger partial charge in [0.2, 0.25) is 5.95 Å². The van der Waals surface area contributed by atoms with Gasteiger partial charge < -0.3 is 15.5 Å². The summed E-state index contributed by atoms with van der Waals surface area (Å²) in [7, 11) is 0. The number of carbonyl (C=O) groups excluding carboxylic acids is 1. The standard InChI is InChI=1S/C24H33N7OS2/c1-4-7-30-8-10-31(11-9-30)22(32)18-5-6-20-21(12-18)34-24(29-20)28-14-17(2)13-25-23-26-15-19(33-3)16-27-23/h5-6,12,15-17H,4,7-11,13-14H2,1-3H3,(H,28,29)(H,25,26,27)/t17-/m0/s1. The molecule has 1 amide bonds. The van der Waals surface area contributed by atoms with Gasteiger partial charge in [0.15, 0.2) is 5.13 Å². The third kappa shape index (κ3) is 6.37. The van der Waals surface area contributed by atoms with Gasteiger partial charge in [-0.2, -0.15) is 0 Å². The van der Waals surface area contributed by atoms with Gasteiger partial charge in [0.1, 0.15) is 0 Å². The van der Waals surface area contributed by atoms with Gasteiger partial charge in [-0.3, -0.25) is 9.69 Å². The van der Waals surface area contributed by atoms with Crippen molar-refractivity contribution in [3.05, 3.63) is 36.2 Å². The summed E-state index contributed by atoms with van der Waals surface area (Å²) in [4.78, 5) is 31.8. The van der Waals surface area contributed by atoms with Crippen molar-refractivity contribution in [1.82, 2.24) is 24.8 Å². The Kier molecular flexibility index (Phi) is 8.58. The fourth-order valence-corrected chi connectivity index (χ4v) is 5.15. The molecule has 0 saturated carbocycles. The minimum atomic E-state index is 0.119. The van der Waals surface area contributed by atoms with E-state index in [4.69, 9.17) is 4.98 Å². The molecule has 8 nitrogen and oxygen atoms in total. The van der Waals surface area contributed by atoms with Crippen molar-refractivity contribution in [1.29, 1.82) is 0 Å². The maximum Gasteiger partial charge on any atom is 0.253 e. The van der Waals surface area contributed by atoms with Gasteiger partial charge in [-0.15, -0.1) is 11.8 Å². The van der Waals surface area contributed by atoms with Crippen LogP contribution in [0.2, 0.25) is 0 Å². The SMILES string of the molecule is CCCN1CCN(C(=O)c2ccc3nc(NC[C@@H](C)CNc4ncc(SC)cn4)sc3c2)CC1. The Morgan fingerprint density at radius 3 is 2.59 bits per heavy atom. The third-order valence-corrected chi connectivity index (χ3v) is 7.57. The number of carbonyl (C=O) groups is 1. The summed E-state index contributed by atoms with van der Waals surface area (Å²) in [5.41, 5.74) is 1.67. The monoisotopic (exact) mass is 499 g/mol. The van der Waals surface area contributed by atoms with Crippen LogP contribution in [0.4, 0.5) is 11.1 Å². The Morgan fingerprint density at radius 2 is 1.88 bits per heavy atom. The van der Waals surface area contributed by atoms with Gasteiger partial charge in [0.25, 0.3) is 5.91 Å². The number of anilines is 2. The number of thioether (sulfide) groups is 1. The molecule has 3 heterocycles. The van der Waals surface area contributed by atoms with Gasteiger partial charge in [-0.1, -0.05) is 25.2 Å². The molecule has 0 spiro atoms. The number of aromatic nitrogens is 3. The lowest BCUT2D eigenvalue weighted by Crippen LogP contribution is -2.48. The lowest BCUT2D eigenvalue weighted by Gasteiger charge is -2.34. The van der Waals surface area contributed by atoms with Crippen LogP contribution in [0.5, 0.6) is 0 Å². The molecule has 34 heavy (non-hydrogen) atoms. The Labute approximate surface area is 209 Å². The maximum atomic E-state index is 13.0. The molecule has 1 fully saturated rings. The summed E-state index contributed by atoms with van der Waals surface area (Å²) >= 11 is 3.22. The molecule has 4 rings (SSSR count). The largest absolute Gasteiger partial charge is 0.361 e. The van der Waals surface area contributed by atoms with E-state index in [-0.39, 0.29) is 5.91 Å². The Bertz CT molecular complexity index is 1080. The van der Waals surface area contributed by atoms with E-state index in [1.54, 1.807) is 23.1 Å². The number of hydrogen-bond donors (Lipinski definition) is 2. The number of nitrogens with zero attached hydrogens (tertiary/aromatic N) is 5. The molecule has 3 aromatic rings. The second-order valence-corrected chi connectivity index (χ2v) is 10.6. The lowest BCUT2D eigenvalue weighted by molar-refractivity contribution is 0.0637. The highest BCUT2D eigenvalue weighted by molar-refractivity contribution is 7.98. The van der Waals surface area contributed by atoms with Crippen LogP contribution in [0.25, 0.3) is 10.2 Å². The van der Waals surface area contributed by atoms with Gasteiger partial charge in [0.05, 0.1) is 10.2 Å². The van der Waals surface area contributed by atoms with E-state index in [0.717, 1.165) is 78.0 Å². The van der Waals surface area contributed by atoms with Crippen molar-refractivity contribution in [3.8, 4) is 0 Å². The molecule has 1 atom stereocenters. The van der Waals surface area contributed by atoms with Gasteiger partial charge in [-0.25, -0.2) is 15.0 Å². The van der Waals surface area contributed by atoms with Crippen molar-refractivity contribution in [2.45, 2.75) is 25.2 Å². The molecule has 0 bridgehead atoms. The fourth-order valence-electron chi connectivity index (χ4n) is 3.92. The van der Waals surface area contributed by atoms with Crippen molar-refractivity contribution in [3.63, 3.8) is 0 Å².